The predicted molar refractivity (Wildman–Crippen MR) is 122 cm³/mol. The molecule has 0 spiro atoms. The summed E-state index contributed by atoms with van der Waals surface area (Å²) in [6.07, 6.45) is 1.88. The summed E-state index contributed by atoms with van der Waals surface area (Å²) in [5, 5.41) is 2.90. The molecule has 7 nitrogen and oxygen atoms in total. The fourth-order valence-electron chi connectivity index (χ4n) is 4.23. The van der Waals surface area contributed by atoms with Crippen molar-refractivity contribution in [2.75, 3.05) is 24.5 Å². The van der Waals surface area contributed by atoms with Crippen LogP contribution in [-0.4, -0.2) is 44.2 Å². The minimum atomic E-state index is -3.53. The van der Waals surface area contributed by atoms with Crippen molar-refractivity contribution in [1.29, 1.82) is 0 Å². The zero-order chi connectivity index (χ0) is 22.7. The number of sulfonamides is 1. The van der Waals surface area contributed by atoms with Gasteiger partial charge in [-0.15, -0.1) is 0 Å². The average Bonchev–Trinajstić information content (AvgIpc) is 3.20. The van der Waals surface area contributed by atoms with Gasteiger partial charge in [0.25, 0.3) is 0 Å². The molecule has 0 bridgehead atoms. The second-order valence-electron chi connectivity index (χ2n) is 8.69. The Kier molecular flexibility index (Phi) is 6.62. The van der Waals surface area contributed by atoms with Crippen molar-refractivity contribution in [3.63, 3.8) is 0 Å². The van der Waals surface area contributed by atoms with Crippen LogP contribution in [0.5, 0.6) is 0 Å². The van der Waals surface area contributed by atoms with Crippen molar-refractivity contribution < 1.29 is 18.0 Å². The van der Waals surface area contributed by atoms with Gasteiger partial charge in [0.15, 0.2) is 0 Å². The lowest BCUT2D eigenvalue weighted by Gasteiger charge is -2.29. The average molecular weight is 456 g/mol. The Bertz CT molecular complexity index is 1060. The maximum atomic E-state index is 12.9. The molecule has 1 N–H and O–H groups in total. The quantitative estimate of drug-likeness (QED) is 0.726. The molecule has 2 aromatic rings. The number of nitrogens with one attached hydrogen (secondary N) is 1. The summed E-state index contributed by atoms with van der Waals surface area (Å²) in [4.78, 5) is 26.9. The number of carbonyl (C=O) groups is 2. The number of anilines is 1. The minimum absolute atomic E-state index is 0.134. The van der Waals surface area contributed by atoms with E-state index in [9.17, 15) is 18.0 Å². The van der Waals surface area contributed by atoms with Crippen LogP contribution in [0.2, 0.25) is 0 Å². The van der Waals surface area contributed by atoms with Gasteiger partial charge in [-0.05, 0) is 48.6 Å². The standard InChI is InChI=1S/C24H29N3O4S/c1-18-11-13-26(14-12-18)32(30,31)22-9-7-21(8-10-22)27-17-20(15-23(27)28)24(29)25-16-19-5-3-2-4-6-19/h2-10,18,20H,11-17H2,1H3,(H,25,29)/t20-/m1/s1. The van der Waals surface area contributed by atoms with E-state index in [2.05, 4.69) is 12.2 Å². The molecule has 2 fully saturated rings. The summed E-state index contributed by atoms with van der Waals surface area (Å²) in [5.74, 6) is -0.165. The molecule has 0 saturated carbocycles. The van der Waals surface area contributed by atoms with Gasteiger partial charge >= 0.3 is 0 Å². The third-order valence-electron chi connectivity index (χ3n) is 6.33. The van der Waals surface area contributed by atoms with Crippen molar-refractivity contribution in [1.82, 2.24) is 9.62 Å². The Morgan fingerprint density at radius 1 is 1.03 bits per heavy atom. The first-order valence-corrected chi connectivity index (χ1v) is 12.5. The first kappa shape index (κ1) is 22.5. The van der Waals surface area contributed by atoms with Crippen LogP contribution in [0.25, 0.3) is 0 Å². The fourth-order valence-corrected chi connectivity index (χ4v) is 5.70. The number of nitrogens with zero attached hydrogens (tertiary/aromatic N) is 2. The van der Waals surface area contributed by atoms with Crippen molar-refractivity contribution in [2.24, 2.45) is 11.8 Å². The van der Waals surface area contributed by atoms with E-state index in [-0.39, 0.29) is 29.7 Å². The van der Waals surface area contributed by atoms with Crippen molar-refractivity contribution in [3.8, 4) is 0 Å². The SMILES string of the molecule is CC1CCN(S(=O)(=O)c2ccc(N3C[C@H](C(=O)NCc4ccccc4)CC3=O)cc2)CC1. The Labute approximate surface area is 189 Å². The summed E-state index contributed by atoms with van der Waals surface area (Å²) in [7, 11) is -3.53. The van der Waals surface area contributed by atoms with Crippen LogP contribution in [-0.2, 0) is 26.2 Å². The van der Waals surface area contributed by atoms with Crippen LogP contribution >= 0.6 is 0 Å². The molecule has 2 aliphatic rings. The third-order valence-corrected chi connectivity index (χ3v) is 8.25. The fraction of sp³-hybridized carbons (Fsp3) is 0.417. The monoisotopic (exact) mass is 455 g/mol. The van der Waals surface area contributed by atoms with Gasteiger partial charge in [-0.3, -0.25) is 9.59 Å². The second-order valence-corrected chi connectivity index (χ2v) is 10.6. The molecule has 2 heterocycles. The van der Waals surface area contributed by atoms with Crippen LogP contribution in [0.3, 0.4) is 0 Å². The molecule has 0 radical (unpaired) electrons. The highest BCUT2D eigenvalue weighted by Crippen LogP contribution is 2.28. The number of carbonyl (C=O) groups excluding carboxylic acids is 2. The maximum Gasteiger partial charge on any atom is 0.243 e. The van der Waals surface area contributed by atoms with E-state index in [4.69, 9.17) is 0 Å². The normalized spacial score (nSPS) is 20.5. The van der Waals surface area contributed by atoms with Gasteiger partial charge in [-0.25, -0.2) is 8.42 Å². The summed E-state index contributed by atoms with van der Waals surface area (Å²) in [6.45, 7) is 3.92. The highest BCUT2D eigenvalue weighted by atomic mass is 32.2. The van der Waals surface area contributed by atoms with E-state index < -0.39 is 15.9 Å². The minimum Gasteiger partial charge on any atom is -0.352 e. The van der Waals surface area contributed by atoms with E-state index in [1.165, 1.54) is 4.31 Å². The van der Waals surface area contributed by atoms with Crippen molar-refractivity contribution in [3.05, 3.63) is 60.2 Å². The Balaban J connectivity index is 1.38. The van der Waals surface area contributed by atoms with E-state index in [0.29, 0.717) is 31.2 Å². The molecule has 2 aliphatic heterocycles. The highest BCUT2D eigenvalue weighted by Gasteiger charge is 2.35. The molecule has 170 valence electrons. The smallest absolute Gasteiger partial charge is 0.243 e. The van der Waals surface area contributed by atoms with Crippen LogP contribution < -0.4 is 10.2 Å². The molecule has 0 aromatic heterocycles. The Hall–Kier alpha value is -2.71. The van der Waals surface area contributed by atoms with Gasteiger partial charge in [0.1, 0.15) is 0 Å². The number of amides is 2. The van der Waals surface area contributed by atoms with Gasteiger partial charge in [-0.1, -0.05) is 37.3 Å². The summed E-state index contributed by atoms with van der Waals surface area (Å²) < 4.78 is 27.4. The van der Waals surface area contributed by atoms with E-state index in [1.54, 1.807) is 29.2 Å². The van der Waals surface area contributed by atoms with Gasteiger partial charge in [0.2, 0.25) is 21.8 Å². The molecule has 2 aromatic carbocycles. The van der Waals surface area contributed by atoms with Crippen LogP contribution in [0, 0.1) is 11.8 Å². The largest absolute Gasteiger partial charge is 0.352 e. The lowest BCUT2D eigenvalue weighted by molar-refractivity contribution is -0.126. The zero-order valence-corrected chi connectivity index (χ0v) is 19.1. The molecule has 2 saturated heterocycles. The number of rotatable bonds is 6. The number of piperidine rings is 1. The topological polar surface area (TPSA) is 86.8 Å². The van der Waals surface area contributed by atoms with E-state index >= 15 is 0 Å². The lowest BCUT2D eigenvalue weighted by Crippen LogP contribution is -2.37. The molecular weight excluding hydrogens is 426 g/mol. The Morgan fingerprint density at radius 2 is 1.69 bits per heavy atom. The molecule has 1 atom stereocenters. The third kappa shape index (κ3) is 4.86. The highest BCUT2D eigenvalue weighted by molar-refractivity contribution is 7.89. The van der Waals surface area contributed by atoms with E-state index in [0.717, 1.165) is 18.4 Å². The molecule has 4 rings (SSSR count). The number of hydrogen-bond donors (Lipinski definition) is 1. The lowest BCUT2D eigenvalue weighted by atomic mass is 10.0. The van der Waals surface area contributed by atoms with Gasteiger partial charge < -0.3 is 10.2 Å². The zero-order valence-electron chi connectivity index (χ0n) is 18.2. The molecule has 0 aliphatic carbocycles. The van der Waals surface area contributed by atoms with Gasteiger partial charge in [-0.2, -0.15) is 4.31 Å². The van der Waals surface area contributed by atoms with Crippen molar-refractivity contribution >= 4 is 27.5 Å². The molecule has 32 heavy (non-hydrogen) atoms. The predicted octanol–water partition coefficient (Wildman–Crippen LogP) is 2.78. The number of benzene rings is 2. The van der Waals surface area contributed by atoms with Crippen molar-refractivity contribution in [2.45, 2.75) is 37.6 Å². The van der Waals surface area contributed by atoms with Crippen LogP contribution in [0.4, 0.5) is 5.69 Å². The van der Waals surface area contributed by atoms with Gasteiger partial charge in [0.05, 0.1) is 10.8 Å². The molecule has 0 unspecified atom stereocenters. The first-order valence-electron chi connectivity index (χ1n) is 11.1. The molecular formula is C24H29N3O4S. The first-order chi connectivity index (χ1) is 15.3. The summed E-state index contributed by atoms with van der Waals surface area (Å²) in [6, 6.07) is 16.0. The van der Waals surface area contributed by atoms with E-state index in [1.807, 2.05) is 30.3 Å². The Morgan fingerprint density at radius 3 is 2.34 bits per heavy atom. The van der Waals surface area contributed by atoms with Crippen LogP contribution in [0.15, 0.2) is 59.5 Å². The summed E-state index contributed by atoms with van der Waals surface area (Å²) in [5.41, 5.74) is 1.61. The molecule has 2 amide bonds. The van der Waals surface area contributed by atoms with Crippen LogP contribution in [0.1, 0.15) is 31.7 Å². The maximum absolute atomic E-state index is 12.9. The molecule has 8 heteroatoms. The van der Waals surface area contributed by atoms with Gasteiger partial charge in [0, 0.05) is 38.3 Å². The second kappa shape index (κ2) is 9.42. The number of hydrogen-bond acceptors (Lipinski definition) is 4. The summed E-state index contributed by atoms with van der Waals surface area (Å²) >= 11 is 0.